The number of nitro groups is 1. The highest BCUT2D eigenvalue weighted by Gasteiger charge is 2.22. The Morgan fingerprint density at radius 3 is 2.60 bits per heavy atom. The number of amides is 1. The van der Waals surface area contributed by atoms with Crippen molar-refractivity contribution in [3.63, 3.8) is 0 Å². The molecule has 2 rings (SSSR count). The third kappa shape index (κ3) is 4.41. The summed E-state index contributed by atoms with van der Waals surface area (Å²) in [5.74, 6) is -0.498. The molecule has 25 heavy (non-hydrogen) atoms. The molecule has 0 saturated heterocycles. The van der Waals surface area contributed by atoms with E-state index >= 15 is 0 Å². The summed E-state index contributed by atoms with van der Waals surface area (Å²) in [5.41, 5.74) is 2.34. The number of ether oxygens (including phenoxy) is 1. The summed E-state index contributed by atoms with van der Waals surface area (Å²) < 4.78 is 5.44. The molecule has 1 atom stereocenters. The molecule has 0 saturated carbocycles. The van der Waals surface area contributed by atoms with Gasteiger partial charge in [0.15, 0.2) is 11.9 Å². The fraction of sp³-hybridized carbons (Fsp3) is 0.222. The molecule has 0 unspecified atom stereocenters. The minimum atomic E-state index is -0.958. The predicted octanol–water partition coefficient (Wildman–Crippen LogP) is 3.43. The van der Waals surface area contributed by atoms with Gasteiger partial charge in [-0.2, -0.15) is 0 Å². The molecule has 0 aromatic heterocycles. The van der Waals surface area contributed by atoms with Crippen molar-refractivity contribution < 1.29 is 19.2 Å². The fourth-order valence-corrected chi connectivity index (χ4v) is 2.20. The number of nitrogens with zero attached hydrogens (tertiary/aromatic N) is 1. The number of aryl methyl sites for hydroxylation is 2. The van der Waals surface area contributed by atoms with Gasteiger partial charge < -0.3 is 10.1 Å². The summed E-state index contributed by atoms with van der Waals surface area (Å²) in [5, 5.41) is 13.9. The zero-order valence-electron chi connectivity index (χ0n) is 14.1. The number of rotatable bonds is 6. The van der Waals surface area contributed by atoms with Crippen LogP contribution in [-0.4, -0.2) is 23.2 Å². The van der Waals surface area contributed by atoms with Gasteiger partial charge in [0.05, 0.1) is 4.92 Å². The minimum Gasteiger partial charge on any atom is -0.474 e. The fourth-order valence-electron chi connectivity index (χ4n) is 2.20. The van der Waals surface area contributed by atoms with Crippen LogP contribution in [0.3, 0.4) is 0 Å². The number of carbonyl (C=O) groups excluding carboxylic acids is 2. The first kappa shape index (κ1) is 18.1. The van der Waals surface area contributed by atoms with Gasteiger partial charge in [-0.1, -0.05) is 12.1 Å². The van der Waals surface area contributed by atoms with Crippen molar-refractivity contribution in [2.75, 3.05) is 5.32 Å². The molecule has 1 amide bonds. The molecule has 0 aliphatic heterocycles. The van der Waals surface area contributed by atoms with Crippen molar-refractivity contribution in [1.82, 2.24) is 0 Å². The molecule has 0 spiro atoms. The second-order valence-corrected chi connectivity index (χ2v) is 5.67. The maximum absolute atomic E-state index is 12.3. The van der Waals surface area contributed by atoms with Gasteiger partial charge in [-0.05, 0) is 50.1 Å². The number of hydrogen-bond donors (Lipinski definition) is 1. The number of benzene rings is 2. The number of aldehydes is 1. The zero-order chi connectivity index (χ0) is 18.6. The zero-order valence-corrected chi connectivity index (χ0v) is 14.1. The Hall–Kier alpha value is -3.22. The van der Waals surface area contributed by atoms with Crippen LogP contribution in [0.1, 0.15) is 28.4 Å². The van der Waals surface area contributed by atoms with Gasteiger partial charge in [-0.3, -0.25) is 19.7 Å². The predicted molar refractivity (Wildman–Crippen MR) is 93.1 cm³/mol. The summed E-state index contributed by atoms with van der Waals surface area (Å²) >= 11 is 0. The van der Waals surface area contributed by atoms with E-state index in [1.807, 2.05) is 32.0 Å². The van der Waals surface area contributed by atoms with Gasteiger partial charge >= 0.3 is 5.69 Å². The first-order valence-corrected chi connectivity index (χ1v) is 7.60. The molecule has 0 aliphatic carbocycles. The van der Waals surface area contributed by atoms with E-state index in [0.717, 1.165) is 17.2 Å². The van der Waals surface area contributed by atoms with Gasteiger partial charge in [-0.15, -0.1) is 0 Å². The standard InChI is InChI=1S/C18H18N2O5/c1-11-4-5-12(2)15(8-11)19-18(22)13(3)25-17-7-6-14(10-21)9-16(17)20(23)24/h4-10,13H,1-3H3,(H,19,22)/t13-/m0/s1. The Morgan fingerprint density at radius 1 is 1.24 bits per heavy atom. The normalized spacial score (nSPS) is 11.5. The summed E-state index contributed by atoms with van der Waals surface area (Å²) in [6.07, 6.45) is -0.450. The van der Waals surface area contributed by atoms with Crippen LogP contribution in [0.15, 0.2) is 36.4 Å². The minimum absolute atomic E-state index is 0.0702. The van der Waals surface area contributed by atoms with E-state index in [0.29, 0.717) is 12.0 Å². The lowest BCUT2D eigenvalue weighted by Crippen LogP contribution is -2.30. The first-order chi connectivity index (χ1) is 11.8. The Bertz CT molecular complexity index is 832. The Balaban J connectivity index is 2.17. The first-order valence-electron chi connectivity index (χ1n) is 7.60. The quantitative estimate of drug-likeness (QED) is 0.492. The van der Waals surface area contributed by atoms with Crippen LogP contribution >= 0.6 is 0 Å². The van der Waals surface area contributed by atoms with Gasteiger partial charge in [0.2, 0.25) is 0 Å². The lowest BCUT2D eigenvalue weighted by Gasteiger charge is -2.16. The van der Waals surface area contributed by atoms with Crippen molar-refractivity contribution in [2.24, 2.45) is 0 Å². The summed E-state index contributed by atoms with van der Waals surface area (Å²) in [6, 6.07) is 9.47. The lowest BCUT2D eigenvalue weighted by atomic mass is 10.1. The summed E-state index contributed by atoms with van der Waals surface area (Å²) in [7, 11) is 0. The van der Waals surface area contributed by atoms with E-state index in [1.165, 1.54) is 19.1 Å². The number of carbonyl (C=O) groups is 2. The summed E-state index contributed by atoms with van der Waals surface area (Å²) in [4.78, 5) is 33.5. The van der Waals surface area contributed by atoms with Crippen LogP contribution in [0.25, 0.3) is 0 Å². The monoisotopic (exact) mass is 342 g/mol. The highest BCUT2D eigenvalue weighted by Crippen LogP contribution is 2.28. The van der Waals surface area contributed by atoms with Gasteiger partial charge in [0, 0.05) is 17.3 Å². The van der Waals surface area contributed by atoms with E-state index in [-0.39, 0.29) is 17.0 Å². The molecule has 7 nitrogen and oxygen atoms in total. The van der Waals surface area contributed by atoms with Crippen LogP contribution in [0, 0.1) is 24.0 Å². The molecule has 2 aromatic carbocycles. The van der Waals surface area contributed by atoms with Crippen molar-refractivity contribution in [3.8, 4) is 5.75 Å². The van der Waals surface area contributed by atoms with E-state index in [9.17, 15) is 19.7 Å². The maximum Gasteiger partial charge on any atom is 0.311 e. The van der Waals surface area contributed by atoms with E-state index in [1.54, 1.807) is 0 Å². The average molecular weight is 342 g/mol. The molecule has 0 radical (unpaired) electrons. The smallest absolute Gasteiger partial charge is 0.311 e. The van der Waals surface area contributed by atoms with Gasteiger partial charge in [0.1, 0.15) is 6.29 Å². The van der Waals surface area contributed by atoms with Crippen molar-refractivity contribution in [2.45, 2.75) is 26.9 Å². The number of nitro benzene ring substituents is 1. The van der Waals surface area contributed by atoms with Crippen molar-refractivity contribution in [3.05, 3.63) is 63.2 Å². The SMILES string of the molecule is Cc1ccc(C)c(NC(=O)[C@H](C)Oc2ccc(C=O)cc2[N+](=O)[O-])c1. The molecule has 0 heterocycles. The highest BCUT2D eigenvalue weighted by atomic mass is 16.6. The number of anilines is 1. The second-order valence-electron chi connectivity index (χ2n) is 5.67. The van der Waals surface area contributed by atoms with Crippen LogP contribution in [0.2, 0.25) is 0 Å². The van der Waals surface area contributed by atoms with Crippen molar-refractivity contribution in [1.29, 1.82) is 0 Å². The number of nitrogens with one attached hydrogen (secondary N) is 1. The third-order valence-corrected chi connectivity index (χ3v) is 3.64. The van der Waals surface area contributed by atoms with E-state index in [4.69, 9.17) is 4.74 Å². The molecule has 0 bridgehead atoms. The topological polar surface area (TPSA) is 98.5 Å². The molecule has 1 N–H and O–H groups in total. The van der Waals surface area contributed by atoms with Crippen LogP contribution in [0.5, 0.6) is 5.75 Å². The van der Waals surface area contributed by atoms with E-state index < -0.39 is 16.9 Å². The van der Waals surface area contributed by atoms with Gasteiger partial charge in [0.25, 0.3) is 5.91 Å². The number of hydrogen-bond acceptors (Lipinski definition) is 5. The van der Waals surface area contributed by atoms with Crippen LogP contribution in [-0.2, 0) is 4.79 Å². The highest BCUT2D eigenvalue weighted by molar-refractivity contribution is 5.95. The maximum atomic E-state index is 12.3. The molecule has 0 fully saturated rings. The molecule has 7 heteroatoms. The van der Waals surface area contributed by atoms with Crippen LogP contribution in [0.4, 0.5) is 11.4 Å². The Labute approximate surface area is 144 Å². The van der Waals surface area contributed by atoms with Gasteiger partial charge in [-0.25, -0.2) is 0 Å². The summed E-state index contributed by atoms with van der Waals surface area (Å²) in [6.45, 7) is 5.27. The third-order valence-electron chi connectivity index (χ3n) is 3.64. The molecular weight excluding hydrogens is 324 g/mol. The Kier molecular flexibility index (Phi) is 5.49. The molecular formula is C18H18N2O5. The molecule has 0 aliphatic rings. The average Bonchev–Trinajstić information content (AvgIpc) is 2.58. The molecule has 130 valence electrons. The van der Waals surface area contributed by atoms with Crippen LogP contribution < -0.4 is 10.1 Å². The molecule has 2 aromatic rings. The largest absolute Gasteiger partial charge is 0.474 e. The van der Waals surface area contributed by atoms with E-state index in [2.05, 4.69) is 5.32 Å². The Morgan fingerprint density at radius 2 is 1.96 bits per heavy atom. The lowest BCUT2D eigenvalue weighted by molar-refractivity contribution is -0.386. The van der Waals surface area contributed by atoms with Crippen molar-refractivity contribution >= 4 is 23.6 Å². The second kappa shape index (κ2) is 7.57.